The number of halogens is 1. The number of benzene rings is 2. The maximum Gasteiger partial charge on any atom is 0.168 e. The van der Waals surface area contributed by atoms with Crippen molar-refractivity contribution in [3.05, 3.63) is 53.0 Å². The van der Waals surface area contributed by atoms with Gasteiger partial charge in [-0.3, -0.25) is 0 Å². The van der Waals surface area contributed by atoms with Crippen LogP contribution in [-0.4, -0.2) is 17.4 Å². The van der Waals surface area contributed by atoms with E-state index in [2.05, 4.69) is 20.9 Å². The second kappa shape index (κ2) is 4.04. The van der Waals surface area contributed by atoms with Gasteiger partial charge in [0.05, 0.1) is 16.8 Å². The monoisotopic (exact) mass is 282 g/mol. The Morgan fingerprint density at radius 2 is 1.88 bits per heavy atom. The predicted octanol–water partition coefficient (Wildman–Crippen LogP) is 2.58. The highest BCUT2D eigenvalue weighted by Crippen LogP contribution is 2.19. The molecule has 2 nitrogen and oxygen atoms in total. The summed E-state index contributed by atoms with van der Waals surface area (Å²) in [6.45, 7) is 0. The van der Waals surface area contributed by atoms with Gasteiger partial charge in [0, 0.05) is 10.2 Å². The first-order chi connectivity index (χ1) is 8.25. The molecular weight excluding hydrogens is 275 g/mol. The summed E-state index contributed by atoms with van der Waals surface area (Å²) in [4.78, 5) is 4.34. The standard InChI is InChI=1S/C13H8BBrN2/c14-13-16-11-6-1-2-7-12(11)17(13)10-5-3-4-9(15)8-10/h1-8H. The summed E-state index contributed by atoms with van der Waals surface area (Å²) in [5.41, 5.74) is 3.43. The van der Waals surface area contributed by atoms with E-state index < -0.39 is 0 Å². The molecule has 3 aromatic rings. The van der Waals surface area contributed by atoms with Crippen molar-refractivity contribution in [2.45, 2.75) is 0 Å². The SMILES string of the molecule is [B]c1nc2ccccc2n1-c1cccc(Br)c1. The molecule has 17 heavy (non-hydrogen) atoms. The van der Waals surface area contributed by atoms with Gasteiger partial charge in [-0.2, -0.15) is 0 Å². The minimum Gasteiger partial charge on any atom is -0.306 e. The van der Waals surface area contributed by atoms with Gasteiger partial charge in [0.2, 0.25) is 0 Å². The summed E-state index contributed by atoms with van der Waals surface area (Å²) in [5, 5.41) is 0. The van der Waals surface area contributed by atoms with E-state index in [0.717, 1.165) is 21.2 Å². The van der Waals surface area contributed by atoms with Crippen LogP contribution in [-0.2, 0) is 0 Å². The minimum atomic E-state index is 0.504. The first-order valence-corrected chi connectivity index (χ1v) is 6.04. The minimum absolute atomic E-state index is 0.504. The van der Waals surface area contributed by atoms with Crippen LogP contribution >= 0.6 is 15.9 Å². The van der Waals surface area contributed by atoms with E-state index >= 15 is 0 Å². The zero-order valence-electron chi connectivity index (χ0n) is 8.97. The predicted molar refractivity (Wildman–Crippen MR) is 74.2 cm³/mol. The van der Waals surface area contributed by atoms with Crippen molar-refractivity contribution < 1.29 is 0 Å². The first-order valence-electron chi connectivity index (χ1n) is 5.24. The lowest BCUT2D eigenvalue weighted by molar-refractivity contribution is 1.14. The lowest BCUT2D eigenvalue weighted by Gasteiger charge is -2.07. The fourth-order valence-corrected chi connectivity index (χ4v) is 2.32. The van der Waals surface area contributed by atoms with Crippen molar-refractivity contribution in [3.63, 3.8) is 0 Å². The third-order valence-electron chi connectivity index (χ3n) is 2.65. The van der Waals surface area contributed by atoms with Crippen molar-refractivity contribution in [3.8, 4) is 5.69 Å². The molecule has 0 saturated heterocycles. The zero-order valence-corrected chi connectivity index (χ0v) is 10.6. The summed E-state index contributed by atoms with van der Waals surface area (Å²) in [7, 11) is 5.97. The second-order valence-corrected chi connectivity index (χ2v) is 4.69. The average molecular weight is 283 g/mol. The Balaban J connectivity index is 2.33. The highest BCUT2D eigenvalue weighted by molar-refractivity contribution is 9.10. The summed E-state index contributed by atoms with van der Waals surface area (Å²) in [5.74, 6) is 0. The molecule has 2 radical (unpaired) electrons. The molecule has 0 atom stereocenters. The highest BCUT2D eigenvalue weighted by Gasteiger charge is 2.07. The van der Waals surface area contributed by atoms with Crippen molar-refractivity contribution >= 4 is 40.5 Å². The fraction of sp³-hybridized carbons (Fsp3) is 0. The molecule has 1 heterocycles. The van der Waals surface area contributed by atoms with Gasteiger partial charge in [-0.05, 0) is 30.3 Å². The Bertz CT molecular complexity index is 691. The van der Waals surface area contributed by atoms with E-state index in [-0.39, 0.29) is 0 Å². The van der Waals surface area contributed by atoms with Crippen LogP contribution in [0.1, 0.15) is 0 Å². The summed E-state index contributed by atoms with van der Waals surface area (Å²) < 4.78 is 2.97. The number of hydrogen-bond acceptors (Lipinski definition) is 1. The van der Waals surface area contributed by atoms with E-state index in [4.69, 9.17) is 7.85 Å². The highest BCUT2D eigenvalue weighted by atomic mass is 79.9. The van der Waals surface area contributed by atoms with Crippen molar-refractivity contribution in [1.29, 1.82) is 0 Å². The van der Waals surface area contributed by atoms with E-state index in [1.54, 1.807) is 0 Å². The topological polar surface area (TPSA) is 17.8 Å². The van der Waals surface area contributed by atoms with Gasteiger partial charge in [0.15, 0.2) is 7.85 Å². The lowest BCUT2D eigenvalue weighted by Crippen LogP contribution is -2.17. The number of fused-ring (bicyclic) bond motifs is 1. The molecule has 0 aliphatic carbocycles. The second-order valence-electron chi connectivity index (χ2n) is 3.77. The van der Waals surface area contributed by atoms with Gasteiger partial charge in [0.25, 0.3) is 0 Å². The van der Waals surface area contributed by atoms with Crippen LogP contribution in [0, 0.1) is 0 Å². The van der Waals surface area contributed by atoms with Crippen molar-refractivity contribution in [1.82, 2.24) is 9.55 Å². The molecule has 0 saturated carbocycles. The third-order valence-corrected chi connectivity index (χ3v) is 3.15. The van der Waals surface area contributed by atoms with Gasteiger partial charge in [-0.15, -0.1) is 0 Å². The van der Waals surface area contributed by atoms with Crippen LogP contribution in [0.2, 0.25) is 0 Å². The number of aromatic nitrogens is 2. The van der Waals surface area contributed by atoms with Crippen LogP contribution in [0.5, 0.6) is 0 Å². The summed E-state index contributed by atoms with van der Waals surface area (Å²) >= 11 is 3.46. The lowest BCUT2D eigenvalue weighted by atomic mass is 10.1. The van der Waals surface area contributed by atoms with Crippen LogP contribution < -0.4 is 5.72 Å². The molecule has 0 N–H and O–H groups in total. The fourth-order valence-electron chi connectivity index (χ4n) is 1.93. The molecule has 2 aromatic carbocycles. The molecule has 0 unspecified atom stereocenters. The van der Waals surface area contributed by atoms with E-state index in [0.29, 0.717) is 5.72 Å². The molecule has 4 heteroatoms. The Labute approximate surface area is 109 Å². The van der Waals surface area contributed by atoms with Gasteiger partial charge >= 0.3 is 0 Å². The number of imidazole rings is 1. The number of para-hydroxylation sites is 2. The van der Waals surface area contributed by atoms with Gasteiger partial charge < -0.3 is 4.57 Å². The average Bonchev–Trinajstić information content (AvgIpc) is 2.64. The number of nitrogens with zero attached hydrogens (tertiary/aromatic N) is 2. The molecular formula is C13H8BBrN2. The zero-order chi connectivity index (χ0) is 11.8. The molecule has 3 rings (SSSR count). The van der Waals surface area contributed by atoms with Crippen molar-refractivity contribution in [2.75, 3.05) is 0 Å². The molecule has 80 valence electrons. The largest absolute Gasteiger partial charge is 0.306 e. The number of rotatable bonds is 1. The molecule has 0 amide bonds. The molecule has 1 aromatic heterocycles. The quantitative estimate of drug-likeness (QED) is 0.628. The number of hydrogen-bond donors (Lipinski definition) is 0. The van der Waals surface area contributed by atoms with Gasteiger partial charge in [-0.25, -0.2) is 4.98 Å². The summed E-state index contributed by atoms with van der Waals surface area (Å²) in [6, 6.07) is 15.9. The Morgan fingerprint density at radius 3 is 2.71 bits per heavy atom. The van der Waals surface area contributed by atoms with Crippen LogP contribution in [0.4, 0.5) is 0 Å². The molecule has 0 aliphatic rings. The van der Waals surface area contributed by atoms with E-state index in [9.17, 15) is 0 Å². The van der Waals surface area contributed by atoms with Crippen LogP contribution in [0.25, 0.3) is 16.7 Å². The van der Waals surface area contributed by atoms with Crippen molar-refractivity contribution in [2.24, 2.45) is 0 Å². The van der Waals surface area contributed by atoms with Gasteiger partial charge in [-0.1, -0.05) is 34.1 Å². The Kier molecular flexibility index (Phi) is 2.52. The van der Waals surface area contributed by atoms with Gasteiger partial charge in [0.1, 0.15) is 0 Å². The van der Waals surface area contributed by atoms with E-state index in [1.807, 2.05) is 53.1 Å². The first kappa shape index (κ1) is 10.6. The Hall–Kier alpha value is -1.55. The molecule has 0 aliphatic heterocycles. The van der Waals surface area contributed by atoms with Crippen LogP contribution in [0.15, 0.2) is 53.0 Å². The molecule has 0 bridgehead atoms. The third kappa shape index (κ3) is 1.78. The van der Waals surface area contributed by atoms with Crippen LogP contribution in [0.3, 0.4) is 0 Å². The molecule has 0 fully saturated rings. The Morgan fingerprint density at radius 1 is 1.06 bits per heavy atom. The maximum atomic E-state index is 5.97. The molecule has 0 spiro atoms. The normalized spacial score (nSPS) is 10.9. The van der Waals surface area contributed by atoms with E-state index in [1.165, 1.54) is 0 Å². The summed E-state index contributed by atoms with van der Waals surface area (Å²) in [6.07, 6.45) is 0. The smallest absolute Gasteiger partial charge is 0.168 e. The maximum absolute atomic E-state index is 5.97.